The van der Waals surface area contributed by atoms with Gasteiger partial charge in [0.1, 0.15) is 11.0 Å². The SMILES string of the molecule is O=C(Nc1cccc2nsnc12)c1ccc(Cl)cc1NS(=O)(=O)c1ccc(Cl)cc1. The lowest BCUT2D eigenvalue weighted by Gasteiger charge is -2.13. The number of halogens is 2. The van der Waals surface area contributed by atoms with Gasteiger partial charge in [-0.2, -0.15) is 8.75 Å². The first-order valence-electron chi connectivity index (χ1n) is 8.44. The minimum atomic E-state index is -3.97. The summed E-state index contributed by atoms with van der Waals surface area (Å²) in [6, 6.07) is 15.2. The first-order chi connectivity index (χ1) is 14.3. The fourth-order valence-corrected chi connectivity index (χ4v) is 4.63. The smallest absolute Gasteiger partial charge is 0.261 e. The number of carbonyl (C=O) groups excluding carboxylic acids is 1. The highest BCUT2D eigenvalue weighted by Crippen LogP contribution is 2.27. The average molecular weight is 479 g/mol. The molecule has 3 aromatic carbocycles. The van der Waals surface area contributed by atoms with Gasteiger partial charge in [-0.05, 0) is 54.6 Å². The molecular weight excluding hydrogens is 467 g/mol. The molecule has 0 aliphatic rings. The van der Waals surface area contributed by atoms with E-state index in [0.717, 1.165) is 11.7 Å². The number of nitrogens with zero attached hydrogens (tertiary/aromatic N) is 2. The van der Waals surface area contributed by atoms with Crippen molar-refractivity contribution in [3.63, 3.8) is 0 Å². The van der Waals surface area contributed by atoms with Crippen LogP contribution in [0.25, 0.3) is 11.0 Å². The molecule has 0 atom stereocenters. The standard InChI is InChI=1S/C19H12Cl2N4O3S2/c20-11-4-7-13(8-5-11)30(27,28)25-17-10-12(21)6-9-14(17)19(26)22-15-2-1-3-16-18(15)24-29-23-16/h1-10,25H,(H,22,26). The Morgan fingerprint density at radius 1 is 0.900 bits per heavy atom. The molecular formula is C19H12Cl2N4O3S2. The maximum Gasteiger partial charge on any atom is 0.261 e. The van der Waals surface area contributed by atoms with E-state index in [9.17, 15) is 13.2 Å². The van der Waals surface area contributed by atoms with Crippen LogP contribution in [-0.2, 0) is 10.0 Å². The molecule has 0 saturated heterocycles. The summed E-state index contributed by atoms with van der Waals surface area (Å²) in [7, 11) is -3.97. The van der Waals surface area contributed by atoms with E-state index >= 15 is 0 Å². The predicted octanol–water partition coefficient (Wildman–Crippen LogP) is 5.05. The van der Waals surface area contributed by atoms with Gasteiger partial charge in [-0.3, -0.25) is 9.52 Å². The Balaban J connectivity index is 1.67. The van der Waals surface area contributed by atoms with E-state index in [1.165, 1.54) is 42.5 Å². The van der Waals surface area contributed by atoms with E-state index in [1.807, 2.05) is 0 Å². The van der Waals surface area contributed by atoms with E-state index < -0.39 is 15.9 Å². The van der Waals surface area contributed by atoms with Gasteiger partial charge in [0.25, 0.3) is 15.9 Å². The second kappa shape index (κ2) is 8.19. The highest BCUT2D eigenvalue weighted by molar-refractivity contribution is 7.92. The van der Waals surface area contributed by atoms with Gasteiger partial charge in [0, 0.05) is 10.0 Å². The number of benzene rings is 3. The molecule has 0 saturated carbocycles. The van der Waals surface area contributed by atoms with Crippen LogP contribution in [0.1, 0.15) is 10.4 Å². The zero-order chi connectivity index (χ0) is 21.3. The molecule has 0 bridgehead atoms. The van der Waals surface area contributed by atoms with Gasteiger partial charge in [0.2, 0.25) is 0 Å². The Bertz CT molecular complexity index is 1360. The summed E-state index contributed by atoms with van der Waals surface area (Å²) in [6.07, 6.45) is 0. The van der Waals surface area contributed by atoms with Crippen molar-refractivity contribution in [1.29, 1.82) is 0 Å². The minimum Gasteiger partial charge on any atom is -0.320 e. The van der Waals surface area contributed by atoms with Crippen molar-refractivity contribution in [2.45, 2.75) is 4.90 Å². The number of rotatable bonds is 5. The van der Waals surface area contributed by atoms with Crippen LogP contribution in [0.2, 0.25) is 10.0 Å². The van der Waals surface area contributed by atoms with Crippen molar-refractivity contribution in [1.82, 2.24) is 8.75 Å². The quantitative estimate of drug-likeness (QED) is 0.417. The van der Waals surface area contributed by atoms with E-state index in [-0.39, 0.29) is 21.2 Å². The van der Waals surface area contributed by atoms with Crippen molar-refractivity contribution in [2.75, 3.05) is 10.0 Å². The van der Waals surface area contributed by atoms with Gasteiger partial charge >= 0.3 is 0 Å². The predicted molar refractivity (Wildman–Crippen MR) is 119 cm³/mol. The highest BCUT2D eigenvalue weighted by atomic mass is 35.5. The van der Waals surface area contributed by atoms with E-state index in [2.05, 4.69) is 18.8 Å². The Labute approximate surface area is 186 Å². The van der Waals surface area contributed by atoms with Crippen LogP contribution < -0.4 is 10.0 Å². The third-order valence-corrected chi connectivity index (χ3v) is 6.54. The Kier molecular flexibility index (Phi) is 5.61. The number of hydrogen-bond donors (Lipinski definition) is 2. The van der Waals surface area contributed by atoms with E-state index in [4.69, 9.17) is 23.2 Å². The number of nitrogens with one attached hydrogen (secondary N) is 2. The van der Waals surface area contributed by atoms with Gasteiger partial charge in [-0.25, -0.2) is 8.42 Å². The molecule has 4 aromatic rings. The molecule has 0 unspecified atom stereocenters. The molecule has 2 N–H and O–H groups in total. The lowest BCUT2D eigenvalue weighted by molar-refractivity contribution is 0.102. The van der Waals surface area contributed by atoms with Gasteiger partial charge in [-0.1, -0.05) is 29.3 Å². The first-order valence-corrected chi connectivity index (χ1v) is 11.4. The van der Waals surface area contributed by atoms with Crippen LogP contribution in [0.4, 0.5) is 11.4 Å². The van der Waals surface area contributed by atoms with Gasteiger partial charge in [-0.15, -0.1) is 0 Å². The normalized spacial score (nSPS) is 11.4. The molecule has 0 aliphatic heterocycles. The first kappa shape index (κ1) is 20.5. The second-order valence-corrected chi connectivity index (χ2v) is 9.22. The van der Waals surface area contributed by atoms with Crippen LogP contribution in [0, 0.1) is 0 Å². The van der Waals surface area contributed by atoms with Crippen molar-refractivity contribution >= 4 is 73.3 Å². The number of hydrogen-bond acceptors (Lipinski definition) is 6. The monoisotopic (exact) mass is 478 g/mol. The number of anilines is 2. The molecule has 11 heteroatoms. The average Bonchev–Trinajstić information content (AvgIpc) is 3.18. The van der Waals surface area contributed by atoms with Crippen molar-refractivity contribution < 1.29 is 13.2 Å². The Morgan fingerprint density at radius 2 is 1.63 bits per heavy atom. The van der Waals surface area contributed by atoms with Crippen LogP contribution in [0.3, 0.4) is 0 Å². The third-order valence-electron chi connectivity index (χ3n) is 4.13. The Hall–Kier alpha value is -2.72. The zero-order valence-electron chi connectivity index (χ0n) is 15.0. The molecule has 1 amide bonds. The summed E-state index contributed by atoms with van der Waals surface area (Å²) in [4.78, 5) is 12.9. The fourth-order valence-electron chi connectivity index (χ4n) is 2.71. The lowest BCUT2D eigenvalue weighted by Crippen LogP contribution is -2.18. The highest BCUT2D eigenvalue weighted by Gasteiger charge is 2.20. The molecule has 0 aliphatic carbocycles. The summed E-state index contributed by atoms with van der Waals surface area (Å²) in [5, 5.41) is 3.42. The van der Waals surface area contributed by atoms with Crippen molar-refractivity contribution in [3.05, 3.63) is 76.3 Å². The molecule has 0 fully saturated rings. The summed E-state index contributed by atoms with van der Waals surface area (Å²) >= 11 is 12.9. The molecule has 30 heavy (non-hydrogen) atoms. The summed E-state index contributed by atoms with van der Waals surface area (Å²) in [5.74, 6) is -0.527. The summed E-state index contributed by atoms with van der Waals surface area (Å²) < 4.78 is 36.2. The second-order valence-electron chi connectivity index (χ2n) is 6.14. The van der Waals surface area contributed by atoms with Crippen LogP contribution in [-0.4, -0.2) is 23.1 Å². The third kappa shape index (κ3) is 4.24. The maximum atomic E-state index is 12.9. The summed E-state index contributed by atoms with van der Waals surface area (Å²) in [5.41, 5.74) is 1.80. The largest absolute Gasteiger partial charge is 0.320 e. The fraction of sp³-hybridized carbons (Fsp3) is 0. The van der Waals surface area contributed by atoms with Gasteiger partial charge < -0.3 is 5.32 Å². The molecule has 1 aromatic heterocycles. The van der Waals surface area contributed by atoms with Gasteiger partial charge in [0.05, 0.1) is 33.6 Å². The minimum absolute atomic E-state index is 0.00320. The molecule has 0 spiro atoms. The number of carbonyl (C=O) groups is 1. The van der Waals surface area contributed by atoms with Crippen LogP contribution in [0.15, 0.2) is 65.6 Å². The molecule has 7 nitrogen and oxygen atoms in total. The lowest BCUT2D eigenvalue weighted by atomic mass is 10.1. The topological polar surface area (TPSA) is 101 Å². The Morgan fingerprint density at radius 3 is 2.40 bits per heavy atom. The van der Waals surface area contributed by atoms with E-state index in [1.54, 1.807) is 18.2 Å². The number of amides is 1. The molecule has 4 rings (SSSR count). The van der Waals surface area contributed by atoms with Crippen molar-refractivity contribution in [3.8, 4) is 0 Å². The van der Waals surface area contributed by atoms with Crippen molar-refractivity contribution in [2.24, 2.45) is 0 Å². The summed E-state index contributed by atoms with van der Waals surface area (Å²) in [6.45, 7) is 0. The van der Waals surface area contributed by atoms with E-state index in [0.29, 0.717) is 21.7 Å². The van der Waals surface area contributed by atoms with Crippen LogP contribution in [0.5, 0.6) is 0 Å². The molecule has 152 valence electrons. The van der Waals surface area contributed by atoms with Gasteiger partial charge in [0.15, 0.2) is 0 Å². The zero-order valence-corrected chi connectivity index (χ0v) is 18.1. The number of aromatic nitrogens is 2. The number of fused-ring (bicyclic) bond motifs is 1. The molecule has 1 heterocycles. The maximum absolute atomic E-state index is 12.9. The number of sulfonamides is 1. The van der Waals surface area contributed by atoms with Crippen LogP contribution >= 0.6 is 34.9 Å². The molecule has 0 radical (unpaired) electrons.